The molecule has 2 aliphatic heterocycles. The van der Waals surface area contributed by atoms with E-state index in [2.05, 4.69) is 63.8 Å². The normalized spacial score (nSPS) is 16.7. The van der Waals surface area contributed by atoms with E-state index in [0.717, 1.165) is 0 Å². The van der Waals surface area contributed by atoms with Gasteiger partial charge in [0.2, 0.25) is 88.6 Å². The van der Waals surface area contributed by atoms with Gasteiger partial charge in [-0.2, -0.15) is 0 Å². The zero-order valence-electron chi connectivity index (χ0n) is 69.0. The minimum atomic E-state index is -1.95. The molecule has 15 atom stereocenters. The number of unbranched alkanes of at least 4 members (excludes halogenated alkanes) is 2. The number of carboxylic acid groups (broad SMARTS) is 2. The van der Waals surface area contributed by atoms with Crippen LogP contribution in [0.4, 0.5) is 0 Å². The summed E-state index contributed by atoms with van der Waals surface area (Å²) < 4.78 is 0. The first-order valence-electron chi connectivity index (χ1n) is 40.9. The number of aromatic hydroxyl groups is 1. The van der Waals surface area contributed by atoms with E-state index in [1.165, 1.54) is 28.9 Å². The van der Waals surface area contributed by atoms with Crippen LogP contribution in [0.2, 0.25) is 0 Å². The van der Waals surface area contributed by atoms with Crippen molar-refractivity contribution in [1.82, 2.24) is 73.6 Å². The Kier molecular flexibility index (Phi) is 40.9. The van der Waals surface area contributed by atoms with E-state index in [-0.39, 0.29) is 96.1 Å². The molecule has 123 heavy (non-hydrogen) atoms. The van der Waals surface area contributed by atoms with Crippen LogP contribution >= 0.6 is 0 Å². The summed E-state index contributed by atoms with van der Waals surface area (Å²) in [6.45, 7) is 2.43. The molecule has 2 heterocycles. The number of nitrogens with two attached hydrogens (primary N) is 4. The van der Waals surface area contributed by atoms with Crippen molar-refractivity contribution in [3.05, 3.63) is 138 Å². The molecule has 0 spiro atoms. The average molecular weight is 1720 g/mol. The highest BCUT2D eigenvalue weighted by Crippen LogP contribution is 2.27. The van der Waals surface area contributed by atoms with E-state index >= 15 is 0 Å². The first kappa shape index (κ1) is 99.3. The number of rotatable bonds is 51. The molecule has 670 valence electrons. The summed E-state index contributed by atoms with van der Waals surface area (Å²) in [5, 5.41) is 79.6. The van der Waals surface area contributed by atoms with Gasteiger partial charge < -0.3 is 122 Å². The van der Waals surface area contributed by atoms with Gasteiger partial charge in [-0.05, 0) is 131 Å². The van der Waals surface area contributed by atoms with Gasteiger partial charge in [0.1, 0.15) is 78.3 Å². The summed E-state index contributed by atoms with van der Waals surface area (Å²) in [5.74, 6) is -18.0. The number of hydrogen-bond donors (Lipinski definition) is 21. The minimum absolute atomic E-state index is 0.00909. The van der Waals surface area contributed by atoms with Crippen LogP contribution in [-0.4, -0.2) is 266 Å². The lowest BCUT2D eigenvalue weighted by Crippen LogP contribution is -2.61. The maximum absolute atomic E-state index is 14.7. The third-order valence-corrected chi connectivity index (χ3v) is 20.9. The molecular formula is C83H116N18O22. The second-order valence-electron chi connectivity index (χ2n) is 30.4. The first-order chi connectivity index (χ1) is 58.6. The molecule has 2 fully saturated rings. The van der Waals surface area contributed by atoms with Gasteiger partial charge in [0.05, 0.1) is 44.7 Å². The van der Waals surface area contributed by atoms with Crippen LogP contribution in [-0.2, 0) is 107 Å². The highest BCUT2D eigenvalue weighted by atomic mass is 16.4. The Bertz CT molecular complexity index is 4270. The number of phenolic OH excluding ortho intramolecular Hbond substituents is 1. The summed E-state index contributed by atoms with van der Waals surface area (Å²) in [7, 11) is 0. The maximum Gasteiger partial charge on any atom is 0.328 e. The standard InChI is InChI=1S/C83H116N18O22/c1-4-47(2)69(98-79(118)63-28-18-36-100(63)81(120)64-29-19-37-101(64)82(121)70(48(3)103)99-74(113)56(27-15-17-35-85)91-71(110)54(86)38-52-30-32-53(104)33-31-52)80(119)92-55(26-14-16-34-84)73(112)96-61(43-68(108)109)78(117)93-57(39-49-20-8-5-9-21-49)72(111)89-44-66(106)88-45-67(107)90-58(40-50-22-10-6-11-23-50)75(114)95-60(42-65(87)105)77(116)94-59(41-51-24-12-7-13-25-51)76(115)97-62(46-102)83(122)123/h5-13,20-25,30-33,47-48,54-64,69-70,102-104H,4,14-19,26-29,34-46,84-86H2,1-3H3,(H2,87,105)(H,88,106)(H,89,111)(H,90,107)(H,91,110)(H,92,119)(H,93,117)(H,94,116)(H,95,114)(H,96,112)(H,97,115)(H,98,118)(H,99,113)(H,108,109)(H,122,123)/t47-,48+,54-,55-,56-,57-,58-,59-,60-,61-,62-,63-,64-,69-,70-/m0/s1. The van der Waals surface area contributed by atoms with E-state index in [1.807, 2.05) is 0 Å². The number of carboxylic acids is 2. The molecule has 0 aliphatic carbocycles. The molecule has 0 bridgehead atoms. The van der Waals surface area contributed by atoms with Gasteiger partial charge in [-0.25, -0.2) is 4.79 Å². The number of nitrogens with zero attached hydrogens (tertiary/aromatic N) is 2. The SMILES string of the molecule is CC[C@H](C)[C@H](NC(=O)[C@@H]1CCCN1C(=O)[C@@H]1CCCN1C(=O)[C@@H](NC(=O)[C@H](CCCCN)NC(=O)[C@@H](N)Cc1ccc(O)cc1)[C@@H](C)O)C(=O)N[C@@H](CCCCN)C(=O)N[C@@H](CC(=O)O)C(=O)N[C@@H](Cc1ccccc1)C(=O)NCC(=O)NCC(=O)N[C@@H](Cc1ccccc1)C(=O)N[C@@H](CC(N)=O)C(=O)N[C@@H](Cc1ccccc1)C(=O)N[C@@H](CO)C(=O)O. The fourth-order valence-corrected chi connectivity index (χ4v) is 13.9. The molecule has 15 amide bonds. The second-order valence-corrected chi connectivity index (χ2v) is 30.4. The molecule has 40 nitrogen and oxygen atoms in total. The molecule has 0 aromatic heterocycles. The average Bonchev–Trinajstić information content (AvgIpc) is 1.67. The predicted octanol–water partition coefficient (Wildman–Crippen LogP) is -4.84. The smallest absolute Gasteiger partial charge is 0.328 e. The molecule has 4 aromatic rings. The van der Waals surface area contributed by atoms with Gasteiger partial charge in [-0.3, -0.25) is 76.7 Å². The molecule has 0 saturated carbocycles. The topological polar surface area (TPSA) is 646 Å². The molecular weight excluding hydrogens is 1600 g/mol. The fourth-order valence-electron chi connectivity index (χ4n) is 13.9. The van der Waals surface area contributed by atoms with Gasteiger partial charge in [0.25, 0.3) is 0 Å². The van der Waals surface area contributed by atoms with Gasteiger partial charge in [0, 0.05) is 32.4 Å². The first-order valence-corrected chi connectivity index (χ1v) is 40.9. The number of carbonyl (C=O) groups excluding carboxylic acids is 15. The van der Waals surface area contributed by atoms with Crippen LogP contribution in [0.3, 0.4) is 0 Å². The second kappa shape index (κ2) is 50.6. The summed E-state index contributed by atoms with van der Waals surface area (Å²) in [6, 6.07) is 10.9. The summed E-state index contributed by atoms with van der Waals surface area (Å²) in [6.07, 6.45) is -1.65. The summed E-state index contributed by atoms with van der Waals surface area (Å²) in [5.41, 5.74) is 25.4. The minimum Gasteiger partial charge on any atom is -0.508 e. The van der Waals surface area contributed by atoms with E-state index < -0.39 is 224 Å². The quantitative estimate of drug-likeness (QED) is 0.0184. The van der Waals surface area contributed by atoms with Gasteiger partial charge in [-0.15, -0.1) is 0 Å². The van der Waals surface area contributed by atoms with Crippen molar-refractivity contribution in [3.63, 3.8) is 0 Å². The highest BCUT2D eigenvalue weighted by Gasteiger charge is 2.46. The van der Waals surface area contributed by atoms with Crippen molar-refractivity contribution < 1.29 is 107 Å². The fraction of sp³-hybridized carbons (Fsp3) is 0.506. The van der Waals surface area contributed by atoms with Crippen molar-refractivity contribution in [2.45, 2.75) is 215 Å². The summed E-state index contributed by atoms with van der Waals surface area (Å²) >= 11 is 0. The van der Waals surface area contributed by atoms with Crippen LogP contribution in [0, 0.1) is 5.92 Å². The van der Waals surface area contributed by atoms with Crippen molar-refractivity contribution in [1.29, 1.82) is 0 Å². The molecule has 2 aliphatic rings. The number of amides is 15. The van der Waals surface area contributed by atoms with E-state index in [0.29, 0.717) is 54.4 Å². The lowest BCUT2D eigenvalue weighted by atomic mass is 9.96. The van der Waals surface area contributed by atoms with Crippen LogP contribution in [0.25, 0.3) is 0 Å². The van der Waals surface area contributed by atoms with Gasteiger partial charge >= 0.3 is 11.9 Å². The molecule has 2 saturated heterocycles. The highest BCUT2D eigenvalue weighted by molar-refractivity contribution is 6.01. The van der Waals surface area contributed by atoms with Gasteiger partial charge in [-0.1, -0.05) is 123 Å². The molecule has 4 aromatic carbocycles. The Morgan fingerprint density at radius 1 is 0.447 bits per heavy atom. The predicted molar refractivity (Wildman–Crippen MR) is 443 cm³/mol. The zero-order chi connectivity index (χ0) is 90.4. The van der Waals surface area contributed by atoms with Crippen LogP contribution < -0.4 is 86.7 Å². The summed E-state index contributed by atoms with van der Waals surface area (Å²) in [4.78, 5) is 237. The third-order valence-electron chi connectivity index (χ3n) is 20.9. The lowest BCUT2D eigenvalue weighted by Gasteiger charge is -2.34. The number of carbonyl (C=O) groups is 17. The molecule has 25 N–H and O–H groups in total. The number of hydrogen-bond acceptors (Lipinski definition) is 23. The number of likely N-dealkylation sites (tertiary alicyclic amines) is 2. The lowest BCUT2D eigenvalue weighted by molar-refractivity contribution is -0.149. The zero-order valence-corrected chi connectivity index (χ0v) is 69.0. The molecule has 0 radical (unpaired) electrons. The van der Waals surface area contributed by atoms with Crippen molar-refractivity contribution in [2.75, 3.05) is 45.9 Å². The van der Waals surface area contributed by atoms with E-state index in [4.69, 9.17) is 22.9 Å². The van der Waals surface area contributed by atoms with Gasteiger partial charge in [0.15, 0.2) is 0 Å². The molecule has 6 rings (SSSR count). The maximum atomic E-state index is 14.7. The van der Waals surface area contributed by atoms with Crippen molar-refractivity contribution >= 4 is 101 Å². The van der Waals surface area contributed by atoms with E-state index in [1.54, 1.807) is 117 Å². The van der Waals surface area contributed by atoms with Crippen LogP contribution in [0.5, 0.6) is 5.75 Å². The van der Waals surface area contributed by atoms with Crippen LogP contribution in [0.1, 0.15) is 126 Å². The molecule has 40 heteroatoms. The Morgan fingerprint density at radius 2 is 0.870 bits per heavy atom. The number of benzene rings is 4. The monoisotopic (exact) mass is 1720 g/mol. The van der Waals surface area contributed by atoms with Crippen LogP contribution in [0.15, 0.2) is 115 Å². The Morgan fingerprint density at radius 3 is 1.35 bits per heavy atom. The Labute approximate surface area is 710 Å². The number of aliphatic hydroxyl groups excluding tert-OH is 2. The Balaban J connectivity index is 1.11. The third kappa shape index (κ3) is 32.4. The number of nitrogens with one attached hydrogen (secondary N) is 12. The van der Waals surface area contributed by atoms with Crippen molar-refractivity contribution in [2.24, 2.45) is 28.9 Å². The largest absolute Gasteiger partial charge is 0.508 e. The molecule has 0 unspecified atom stereocenters. The number of phenols is 1. The van der Waals surface area contributed by atoms with Crippen molar-refractivity contribution in [3.8, 4) is 5.75 Å². The number of aliphatic carboxylic acids is 2. The Hall–Kier alpha value is -12.5. The number of primary amides is 1. The van der Waals surface area contributed by atoms with E-state index in [9.17, 15) is 107 Å². The number of aliphatic hydroxyl groups is 2.